The van der Waals surface area contributed by atoms with Gasteiger partial charge in [-0.1, -0.05) is 0 Å². The molecule has 1 aliphatic heterocycles. The molecule has 1 aromatic carbocycles. The van der Waals surface area contributed by atoms with Crippen LogP contribution in [-0.2, 0) is 21.8 Å². The second kappa shape index (κ2) is 7.46. The summed E-state index contributed by atoms with van der Waals surface area (Å²) in [6.45, 7) is 0.942. The van der Waals surface area contributed by atoms with E-state index in [0.29, 0.717) is 18.7 Å². The summed E-state index contributed by atoms with van der Waals surface area (Å²) >= 11 is 0. The normalized spacial score (nSPS) is 17.3. The summed E-state index contributed by atoms with van der Waals surface area (Å²) in [5.41, 5.74) is 0.514. The standard InChI is InChI=1S/C17H21N3O5S/c1-19-16(8-10-18-19)26(23,24)20(11-9-15-3-2-12-25-15)14-6-4-13(5-7-14)17(21)22/h4-8,10,15H,2-3,9,11-12H2,1H3,(H,21,22). The number of rotatable bonds is 7. The van der Waals surface area contributed by atoms with E-state index in [9.17, 15) is 13.2 Å². The first kappa shape index (κ1) is 18.4. The highest BCUT2D eigenvalue weighted by molar-refractivity contribution is 7.92. The van der Waals surface area contributed by atoms with Gasteiger partial charge in [-0.25, -0.2) is 4.79 Å². The predicted octanol–water partition coefficient (Wildman–Crippen LogP) is 1.88. The van der Waals surface area contributed by atoms with E-state index in [0.717, 1.165) is 12.8 Å². The summed E-state index contributed by atoms with van der Waals surface area (Å²) in [6, 6.07) is 7.25. The Balaban J connectivity index is 1.92. The minimum atomic E-state index is -3.84. The number of aryl methyl sites for hydroxylation is 1. The molecule has 2 heterocycles. The van der Waals surface area contributed by atoms with Crippen molar-refractivity contribution in [1.29, 1.82) is 0 Å². The monoisotopic (exact) mass is 379 g/mol. The van der Waals surface area contributed by atoms with Gasteiger partial charge in [0.1, 0.15) is 0 Å². The number of aromatic carboxylic acids is 1. The molecule has 1 aromatic heterocycles. The first-order valence-corrected chi connectivity index (χ1v) is 9.79. The van der Waals surface area contributed by atoms with Crippen molar-refractivity contribution in [2.45, 2.75) is 30.4 Å². The Hall–Kier alpha value is -2.39. The minimum absolute atomic E-state index is 0.0394. The van der Waals surface area contributed by atoms with Gasteiger partial charge in [0.25, 0.3) is 10.0 Å². The van der Waals surface area contributed by atoms with Crippen LogP contribution in [0.5, 0.6) is 0 Å². The summed E-state index contributed by atoms with van der Waals surface area (Å²) in [7, 11) is -2.27. The molecule has 0 saturated carbocycles. The molecule has 1 atom stereocenters. The van der Waals surface area contributed by atoms with Crippen molar-refractivity contribution in [2.24, 2.45) is 7.05 Å². The van der Waals surface area contributed by atoms with Crippen molar-refractivity contribution in [3.05, 3.63) is 42.1 Å². The van der Waals surface area contributed by atoms with E-state index in [1.807, 2.05) is 0 Å². The van der Waals surface area contributed by atoms with Crippen LogP contribution < -0.4 is 4.31 Å². The third-order valence-corrected chi connectivity index (χ3v) is 6.31. The topological polar surface area (TPSA) is 102 Å². The number of ether oxygens (including phenoxy) is 1. The SMILES string of the molecule is Cn1nccc1S(=O)(=O)N(CCC1CCCO1)c1ccc(C(=O)O)cc1. The Labute approximate surface area is 152 Å². The molecular formula is C17H21N3O5S. The van der Waals surface area contributed by atoms with Gasteiger partial charge < -0.3 is 9.84 Å². The molecule has 140 valence electrons. The van der Waals surface area contributed by atoms with E-state index in [1.165, 1.54) is 45.5 Å². The lowest BCUT2D eigenvalue weighted by atomic mass is 10.1. The second-order valence-electron chi connectivity index (χ2n) is 6.15. The molecule has 2 aromatic rings. The number of nitrogens with zero attached hydrogens (tertiary/aromatic N) is 3. The molecule has 1 saturated heterocycles. The molecule has 1 unspecified atom stereocenters. The molecule has 0 amide bonds. The van der Waals surface area contributed by atoms with E-state index in [1.54, 1.807) is 7.05 Å². The quantitative estimate of drug-likeness (QED) is 0.788. The van der Waals surface area contributed by atoms with Crippen LogP contribution in [0.25, 0.3) is 0 Å². The van der Waals surface area contributed by atoms with E-state index < -0.39 is 16.0 Å². The summed E-state index contributed by atoms with van der Waals surface area (Å²) in [6.07, 6.45) is 3.93. The van der Waals surface area contributed by atoms with Crippen LogP contribution in [0.2, 0.25) is 0 Å². The van der Waals surface area contributed by atoms with Crippen molar-refractivity contribution >= 4 is 21.7 Å². The average Bonchev–Trinajstić information content (AvgIpc) is 3.27. The lowest BCUT2D eigenvalue weighted by Crippen LogP contribution is -2.34. The van der Waals surface area contributed by atoms with Gasteiger partial charge in [-0.2, -0.15) is 13.5 Å². The van der Waals surface area contributed by atoms with Crippen LogP contribution in [0.4, 0.5) is 5.69 Å². The lowest BCUT2D eigenvalue weighted by molar-refractivity contribution is 0.0697. The van der Waals surface area contributed by atoms with Crippen molar-refractivity contribution in [3.63, 3.8) is 0 Å². The average molecular weight is 379 g/mol. The van der Waals surface area contributed by atoms with Gasteiger partial charge in [-0.15, -0.1) is 0 Å². The Bertz CT molecular complexity index is 870. The zero-order chi connectivity index (χ0) is 18.7. The molecule has 1 fully saturated rings. The van der Waals surface area contributed by atoms with Crippen LogP contribution >= 0.6 is 0 Å². The Morgan fingerprint density at radius 1 is 1.35 bits per heavy atom. The number of anilines is 1. The van der Waals surface area contributed by atoms with E-state index in [4.69, 9.17) is 9.84 Å². The molecule has 8 nitrogen and oxygen atoms in total. The smallest absolute Gasteiger partial charge is 0.335 e. The summed E-state index contributed by atoms with van der Waals surface area (Å²) in [5.74, 6) is -1.06. The number of benzene rings is 1. The van der Waals surface area contributed by atoms with Crippen LogP contribution in [0, 0.1) is 0 Å². The zero-order valence-electron chi connectivity index (χ0n) is 14.4. The summed E-state index contributed by atoms with van der Waals surface area (Å²) in [5, 5.41) is 13.1. The maximum atomic E-state index is 13.1. The molecule has 9 heteroatoms. The van der Waals surface area contributed by atoms with E-state index in [2.05, 4.69) is 5.10 Å². The maximum absolute atomic E-state index is 13.1. The van der Waals surface area contributed by atoms with Crippen LogP contribution in [0.3, 0.4) is 0 Å². The number of sulfonamides is 1. The molecular weight excluding hydrogens is 358 g/mol. The van der Waals surface area contributed by atoms with Gasteiger partial charge in [0.05, 0.1) is 23.6 Å². The molecule has 26 heavy (non-hydrogen) atoms. The van der Waals surface area contributed by atoms with Gasteiger partial charge in [0.2, 0.25) is 0 Å². The molecule has 1 N–H and O–H groups in total. The van der Waals surface area contributed by atoms with Crippen LogP contribution in [0.1, 0.15) is 29.6 Å². The number of hydrogen-bond acceptors (Lipinski definition) is 5. The molecule has 3 rings (SSSR count). The Morgan fingerprint density at radius 2 is 2.08 bits per heavy atom. The number of aromatic nitrogens is 2. The predicted molar refractivity (Wildman–Crippen MR) is 94.7 cm³/mol. The van der Waals surface area contributed by atoms with Crippen molar-refractivity contribution in [2.75, 3.05) is 17.5 Å². The fraction of sp³-hybridized carbons (Fsp3) is 0.412. The van der Waals surface area contributed by atoms with Gasteiger partial charge >= 0.3 is 5.97 Å². The van der Waals surface area contributed by atoms with E-state index in [-0.39, 0.29) is 23.2 Å². The van der Waals surface area contributed by atoms with Gasteiger partial charge in [-0.3, -0.25) is 8.99 Å². The van der Waals surface area contributed by atoms with E-state index >= 15 is 0 Å². The van der Waals surface area contributed by atoms with Crippen molar-refractivity contribution < 1.29 is 23.1 Å². The summed E-state index contributed by atoms with van der Waals surface area (Å²) in [4.78, 5) is 11.1. The first-order valence-electron chi connectivity index (χ1n) is 8.35. The Morgan fingerprint density at radius 3 is 2.62 bits per heavy atom. The molecule has 0 bridgehead atoms. The van der Waals surface area contributed by atoms with Crippen LogP contribution in [-0.4, -0.2) is 48.5 Å². The van der Waals surface area contributed by atoms with Gasteiger partial charge in [0.15, 0.2) is 5.03 Å². The molecule has 1 aliphatic rings. The largest absolute Gasteiger partial charge is 0.478 e. The van der Waals surface area contributed by atoms with Gasteiger partial charge in [-0.05, 0) is 49.6 Å². The minimum Gasteiger partial charge on any atom is -0.478 e. The third kappa shape index (κ3) is 3.73. The molecule has 0 radical (unpaired) electrons. The number of hydrogen-bond donors (Lipinski definition) is 1. The number of carboxylic acids is 1. The Kier molecular flexibility index (Phi) is 5.28. The lowest BCUT2D eigenvalue weighted by Gasteiger charge is -2.25. The second-order valence-corrected chi connectivity index (χ2v) is 7.96. The maximum Gasteiger partial charge on any atom is 0.335 e. The summed E-state index contributed by atoms with van der Waals surface area (Å²) < 4.78 is 34.5. The highest BCUT2D eigenvalue weighted by Gasteiger charge is 2.29. The molecule has 0 aliphatic carbocycles. The van der Waals surface area contributed by atoms with Crippen molar-refractivity contribution in [1.82, 2.24) is 9.78 Å². The first-order chi connectivity index (χ1) is 12.4. The molecule has 0 spiro atoms. The zero-order valence-corrected chi connectivity index (χ0v) is 15.2. The van der Waals surface area contributed by atoms with Crippen molar-refractivity contribution in [3.8, 4) is 0 Å². The third-order valence-electron chi connectivity index (χ3n) is 4.41. The fourth-order valence-corrected chi connectivity index (χ4v) is 4.60. The number of carbonyl (C=O) groups is 1. The van der Waals surface area contributed by atoms with Crippen LogP contribution in [0.15, 0.2) is 41.6 Å². The van der Waals surface area contributed by atoms with Gasteiger partial charge in [0, 0.05) is 20.2 Å². The highest BCUT2D eigenvalue weighted by atomic mass is 32.2. The number of carboxylic acid groups (broad SMARTS) is 1. The fourth-order valence-electron chi connectivity index (χ4n) is 3.02. The highest BCUT2D eigenvalue weighted by Crippen LogP contribution is 2.26.